The van der Waals surface area contributed by atoms with Crippen LogP contribution in [0.15, 0.2) is 6.20 Å². The van der Waals surface area contributed by atoms with Crippen LogP contribution in [-0.4, -0.2) is 4.98 Å². The average molecular weight is 141 g/mol. The van der Waals surface area contributed by atoms with Crippen molar-refractivity contribution in [1.29, 1.82) is 0 Å². The fraction of sp³-hybridized carbons (Fsp3) is 0.500. The Kier molecular flexibility index (Phi) is 1.55. The highest BCUT2D eigenvalue weighted by Crippen LogP contribution is 2.19. The van der Waals surface area contributed by atoms with Gasteiger partial charge in [0, 0.05) is 16.6 Å². The highest BCUT2D eigenvalue weighted by atomic mass is 32.1. The second-order valence-corrected chi connectivity index (χ2v) is 3.36. The molecule has 0 unspecified atom stereocenters. The molecule has 0 aromatic carbocycles. The number of thiazole rings is 1. The zero-order chi connectivity index (χ0) is 6.91. The summed E-state index contributed by atoms with van der Waals surface area (Å²) in [5.74, 6) is 0. The van der Waals surface area contributed by atoms with Gasteiger partial charge in [-0.05, 0) is 13.8 Å². The zero-order valence-electron chi connectivity index (χ0n) is 5.51. The summed E-state index contributed by atoms with van der Waals surface area (Å²) in [6, 6.07) is 0. The Balaban J connectivity index is 2.90. The molecule has 0 saturated carbocycles. The first-order valence-electron chi connectivity index (χ1n) is 2.72. The second-order valence-electron chi connectivity index (χ2n) is 2.54. The van der Waals surface area contributed by atoms with Crippen LogP contribution in [0, 0.1) is 5.51 Å². The number of nitrogens with two attached hydrogens (primary N) is 1. The third-order valence-electron chi connectivity index (χ3n) is 1.03. The predicted molar refractivity (Wildman–Crippen MR) is 38.2 cm³/mol. The molecule has 0 aliphatic heterocycles. The van der Waals surface area contributed by atoms with Crippen LogP contribution in [0.3, 0.4) is 0 Å². The SMILES string of the molecule is CC(C)(N)c1cn[c]s1. The fourth-order valence-corrected chi connectivity index (χ4v) is 1.06. The van der Waals surface area contributed by atoms with Gasteiger partial charge in [-0.15, -0.1) is 11.3 Å². The van der Waals surface area contributed by atoms with Gasteiger partial charge in [-0.3, -0.25) is 0 Å². The molecule has 3 heteroatoms. The number of rotatable bonds is 1. The summed E-state index contributed by atoms with van der Waals surface area (Å²) < 4.78 is 0. The first-order valence-corrected chi connectivity index (χ1v) is 3.53. The molecule has 1 rings (SSSR count). The third kappa shape index (κ3) is 1.50. The van der Waals surface area contributed by atoms with Crippen molar-refractivity contribution in [1.82, 2.24) is 4.98 Å². The first-order chi connectivity index (χ1) is 4.11. The highest BCUT2D eigenvalue weighted by molar-refractivity contribution is 7.09. The van der Waals surface area contributed by atoms with E-state index in [4.69, 9.17) is 5.73 Å². The minimum atomic E-state index is -0.252. The molecule has 0 spiro atoms. The zero-order valence-corrected chi connectivity index (χ0v) is 6.33. The molecule has 0 bridgehead atoms. The van der Waals surface area contributed by atoms with E-state index in [0.717, 1.165) is 4.88 Å². The van der Waals surface area contributed by atoms with Crippen LogP contribution in [0.1, 0.15) is 18.7 Å². The number of nitrogens with zero attached hydrogens (tertiary/aromatic N) is 1. The van der Waals surface area contributed by atoms with E-state index in [1.807, 2.05) is 13.8 Å². The van der Waals surface area contributed by atoms with E-state index >= 15 is 0 Å². The Morgan fingerprint density at radius 2 is 2.44 bits per heavy atom. The quantitative estimate of drug-likeness (QED) is 0.637. The minimum absolute atomic E-state index is 0.252. The van der Waals surface area contributed by atoms with Crippen molar-refractivity contribution in [2.24, 2.45) is 5.73 Å². The normalized spacial score (nSPS) is 11.9. The highest BCUT2D eigenvalue weighted by Gasteiger charge is 2.14. The van der Waals surface area contributed by atoms with Gasteiger partial charge in [-0.25, -0.2) is 4.98 Å². The summed E-state index contributed by atoms with van der Waals surface area (Å²) in [6.07, 6.45) is 1.75. The molecule has 0 fully saturated rings. The van der Waals surface area contributed by atoms with Crippen molar-refractivity contribution in [3.8, 4) is 0 Å². The summed E-state index contributed by atoms with van der Waals surface area (Å²) in [5, 5.41) is 0. The van der Waals surface area contributed by atoms with Crippen molar-refractivity contribution in [2.75, 3.05) is 0 Å². The molecule has 2 nitrogen and oxygen atoms in total. The number of aromatic nitrogens is 1. The molecule has 0 aliphatic rings. The van der Waals surface area contributed by atoms with E-state index in [1.165, 1.54) is 11.3 Å². The molecule has 1 aromatic heterocycles. The minimum Gasteiger partial charge on any atom is -0.321 e. The van der Waals surface area contributed by atoms with Crippen LogP contribution >= 0.6 is 11.3 Å². The van der Waals surface area contributed by atoms with Gasteiger partial charge in [0.1, 0.15) is 0 Å². The summed E-state index contributed by atoms with van der Waals surface area (Å²) in [7, 11) is 0. The Morgan fingerprint density at radius 1 is 1.78 bits per heavy atom. The summed E-state index contributed by atoms with van der Waals surface area (Å²) >= 11 is 1.47. The second kappa shape index (κ2) is 2.08. The van der Waals surface area contributed by atoms with Crippen LogP contribution in [0.4, 0.5) is 0 Å². The lowest BCUT2D eigenvalue weighted by Crippen LogP contribution is -2.27. The van der Waals surface area contributed by atoms with Crippen LogP contribution in [0.25, 0.3) is 0 Å². The van der Waals surface area contributed by atoms with Crippen molar-refractivity contribution in [2.45, 2.75) is 19.4 Å². The van der Waals surface area contributed by atoms with Gasteiger partial charge >= 0.3 is 0 Å². The first kappa shape index (κ1) is 6.71. The fourth-order valence-electron chi connectivity index (χ4n) is 0.485. The van der Waals surface area contributed by atoms with E-state index < -0.39 is 0 Å². The van der Waals surface area contributed by atoms with Gasteiger partial charge in [-0.2, -0.15) is 0 Å². The molecule has 9 heavy (non-hydrogen) atoms. The lowest BCUT2D eigenvalue weighted by molar-refractivity contribution is 0.566. The smallest absolute Gasteiger partial charge is 0.152 e. The topological polar surface area (TPSA) is 38.9 Å². The molecule has 1 aromatic rings. The molecule has 1 heterocycles. The Morgan fingerprint density at radius 3 is 2.67 bits per heavy atom. The van der Waals surface area contributed by atoms with E-state index in [0.29, 0.717) is 0 Å². The molecular formula is C6H9N2S. The van der Waals surface area contributed by atoms with Gasteiger partial charge in [0.2, 0.25) is 0 Å². The maximum Gasteiger partial charge on any atom is 0.152 e. The van der Waals surface area contributed by atoms with Gasteiger partial charge in [-0.1, -0.05) is 0 Å². The summed E-state index contributed by atoms with van der Waals surface area (Å²) in [4.78, 5) is 4.87. The third-order valence-corrected chi connectivity index (χ3v) is 2.07. The maximum atomic E-state index is 5.75. The lowest BCUT2D eigenvalue weighted by Gasteiger charge is -2.14. The Labute approximate surface area is 58.7 Å². The molecule has 0 aliphatic carbocycles. The van der Waals surface area contributed by atoms with Crippen LogP contribution in [0.2, 0.25) is 0 Å². The van der Waals surface area contributed by atoms with Crippen LogP contribution in [0.5, 0.6) is 0 Å². The van der Waals surface area contributed by atoms with Gasteiger partial charge in [0.05, 0.1) is 0 Å². The molecular weight excluding hydrogens is 132 g/mol. The summed E-state index contributed by atoms with van der Waals surface area (Å²) in [5.41, 5.74) is 8.25. The molecule has 1 radical (unpaired) electrons. The number of hydrogen-bond acceptors (Lipinski definition) is 3. The van der Waals surface area contributed by atoms with Gasteiger partial charge < -0.3 is 5.73 Å². The largest absolute Gasteiger partial charge is 0.321 e. The van der Waals surface area contributed by atoms with E-state index in [-0.39, 0.29) is 5.54 Å². The standard InChI is InChI=1S/C6H9N2S/c1-6(2,7)5-3-8-4-9-5/h3H,7H2,1-2H3. The van der Waals surface area contributed by atoms with Crippen LogP contribution in [-0.2, 0) is 5.54 Å². The lowest BCUT2D eigenvalue weighted by atomic mass is 10.1. The molecule has 2 N–H and O–H groups in total. The van der Waals surface area contributed by atoms with Gasteiger partial charge in [0.15, 0.2) is 5.51 Å². The van der Waals surface area contributed by atoms with E-state index in [2.05, 4.69) is 10.5 Å². The average Bonchev–Trinajstić information content (AvgIpc) is 2.08. The van der Waals surface area contributed by atoms with Crippen LogP contribution < -0.4 is 5.73 Å². The number of hydrogen-bond donors (Lipinski definition) is 1. The summed E-state index contributed by atoms with van der Waals surface area (Å²) in [6.45, 7) is 3.91. The molecule has 0 atom stereocenters. The van der Waals surface area contributed by atoms with Crippen molar-refractivity contribution >= 4 is 11.3 Å². The Bertz CT molecular complexity index is 173. The maximum absolute atomic E-state index is 5.75. The molecule has 0 saturated heterocycles. The molecule has 0 amide bonds. The van der Waals surface area contributed by atoms with Crippen molar-refractivity contribution < 1.29 is 0 Å². The molecule has 49 valence electrons. The predicted octanol–water partition coefficient (Wildman–Crippen LogP) is 1.14. The van der Waals surface area contributed by atoms with E-state index in [9.17, 15) is 0 Å². The van der Waals surface area contributed by atoms with E-state index in [1.54, 1.807) is 6.20 Å². The monoisotopic (exact) mass is 141 g/mol. The van der Waals surface area contributed by atoms with Crippen molar-refractivity contribution in [3.63, 3.8) is 0 Å². The van der Waals surface area contributed by atoms with Gasteiger partial charge in [0.25, 0.3) is 0 Å². The van der Waals surface area contributed by atoms with Crippen molar-refractivity contribution in [3.05, 3.63) is 16.6 Å². The Hall–Kier alpha value is -0.410.